The summed E-state index contributed by atoms with van der Waals surface area (Å²) in [6, 6.07) is 7.85. The molecule has 1 aromatic heterocycles. The van der Waals surface area contributed by atoms with Crippen molar-refractivity contribution < 1.29 is 41.0 Å². The van der Waals surface area contributed by atoms with Crippen molar-refractivity contribution in [2.45, 2.75) is 6.18 Å². The fourth-order valence-electron chi connectivity index (χ4n) is 2.92. The highest BCUT2D eigenvalue weighted by Crippen LogP contribution is 2.40. The number of methoxy groups -OCH3 is 2. The maximum atomic E-state index is 13.9. The molecule has 0 N–H and O–H groups in total. The zero-order valence-corrected chi connectivity index (χ0v) is 16.0. The van der Waals surface area contributed by atoms with Crippen LogP contribution in [0.2, 0.25) is 0 Å². The lowest BCUT2D eigenvalue weighted by atomic mass is 9.99. The first kappa shape index (κ1) is 21.9. The molecule has 1 heterocycles. The van der Waals surface area contributed by atoms with E-state index in [-0.39, 0.29) is 17.8 Å². The minimum atomic E-state index is -5.13. The summed E-state index contributed by atoms with van der Waals surface area (Å²) in [6.45, 7) is 0. The van der Waals surface area contributed by atoms with E-state index in [2.05, 4.69) is 14.6 Å². The quantitative estimate of drug-likeness (QED) is 0.444. The molecule has 0 bridgehead atoms. The fraction of sp³-hybridized carbons (Fsp3) is 0.150. The van der Waals surface area contributed by atoms with Crippen molar-refractivity contribution in [2.75, 3.05) is 14.2 Å². The number of para-hydroxylation sites is 1. The van der Waals surface area contributed by atoms with Gasteiger partial charge < -0.3 is 9.47 Å². The molecule has 0 aliphatic carbocycles. The highest BCUT2D eigenvalue weighted by molar-refractivity contribution is 6.07. The van der Waals surface area contributed by atoms with Crippen LogP contribution in [0.5, 0.6) is 0 Å². The number of carbonyl (C=O) groups is 2. The van der Waals surface area contributed by atoms with Crippen LogP contribution < -0.4 is 0 Å². The van der Waals surface area contributed by atoms with Crippen molar-refractivity contribution in [3.63, 3.8) is 0 Å². The Bertz CT molecular complexity index is 1160. The van der Waals surface area contributed by atoms with Crippen LogP contribution >= 0.6 is 0 Å². The van der Waals surface area contributed by atoms with Gasteiger partial charge in [0.15, 0.2) is 17.3 Å². The number of nitrogens with zero attached hydrogens (tertiary/aromatic N) is 2. The number of hydrogen-bond acceptors (Lipinski definition) is 5. The summed E-state index contributed by atoms with van der Waals surface area (Å²) in [5.74, 6) is -5.69. The molecule has 0 aliphatic heterocycles. The second kappa shape index (κ2) is 8.17. The number of benzene rings is 2. The Labute approximate surface area is 171 Å². The first-order valence-corrected chi connectivity index (χ1v) is 8.51. The molecule has 0 fully saturated rings. The van der Waals surface area contributed by atoms with E-state index in [4.69, 9.17) is 0 Å². The van der Waals surface area contributed by atoms with Gasteiger partial charge in [-0.05, 0) is 24.3 Å². The van der Waals surface area contributed by atoms with Crippen LogP contribution in [0.3, 0.4) is 0 Å². The van der Waals surface area contributed by atoms with Crippen LogP contribution in [-0.2, 0) is 15.7 Å². The van der Waals surface area contributed by atoms with E-state index in [9.17, 15) is 31.5 Å². The van der Waals surface area contributed by atoms with Gasteiger partial charge in [-0.15, -0.1) is 0 Å². The number of esters is 2. The molecule has 2 aromatic carbocycles. The van der Waals surface area contributed by atoms with Gasteiger partial charge in [0.25, 0.3) is 0 Å². The van der Waals surface area contributed by atoms with Crippen molar-refractivity contribution in [3.05, 3.63) is 70.9 Å². The molecule has 0 radical (unpaired) electrons. The summed E-state index contributed by atoms with van der Waals surface area (Å²) in [5, 5.41) is 3.96. The van der Waals surface area contributed by atoms with E-state index in [0.29, 0.717) is 0 Å². The van der Waals surface area contributed by atoms with E-state index >= 15 is 0 Å². The van der Waals surface area contributed by atoms with Crippen LogP contribution in [0.1, 0.15) is 26.4 Å². The summed E-state index contributed by atoms with van der Waals surface area (Å²) < 4.78 is 78.4. The Kier molecular flexibility index (Phi) is 5.78. The molecule has 0 aliphatic rings. The molecule has 0 spiro atoms. The largest absolute Gasteiger partial charge is 0.465 e. The van der Waals surface area contributed by atoms with Gasteiger partial charge in [-0.2, -0.15) is 18.3 Å². The lowest BCUT2D eigenvalue weighted by Crippen LogP contribution is -2.15. The predicted molar refractivity (Wildman–Crippen MR) is 96.6 cm³/mol. The van der Waals surface area contributed by atoms with Gasteiger partial charge in [0, 0.05) is 5.56 Å². The van der Waals surface area contributed by atoms with Gasteiger partial charge in [-0.1, -0.05) is 18.2 Å². The number of aromatic nitrogens is 2. The molecule has 162 valence electrons. The second-order valence-electron chi connectivity index (χ2n) is 6.11. The topological polar surface area (TPSA) is 70.4 Å². The SMILES string of the molecule is COC(=O)c1c(-c2cc(F)c(F)cc2C(F)(F)F)nn(-c2ccccc2)c1C(=O)OC. The fourth-order valence-corrected chi connectivity index (χ4v) is 2.92. The van der Waals surface area contributed by atoms with E-state index in [0.717, 1.165) is 18.9 Å². The number of ether oxygens (including phenoxy) is 2. The average molecular weight is 440 g/mol. The van der Waals surface area contributed by atoms with Gasteiger partial charge in [0.2, 0.25) is 0 Å². The van der Waals surface area contributed by atoms with Crippen molar-refractivity contribution in [1.29, 1.82) is 0 Å². The molecular formula is C20H13F5N2O4. The second-order valence-corrected chi connectivity index (χ2v) is 6.11. The van der Waals surface area contributed by atoms with Gasteiger partial charge in [0.1, 0.15) is 11.3 Å². The lowest BCUT2D eigenvalue weighted by molar-refractivity contribution is -0.137. The minimum absolute atomic E-state index is 0.0505. The first-order chi connectivity index (χ1) is 14.6. The zero-order chi connectivity index (χ0) is 22.9. The Morgan fingerprint density at radius 1 is 0.935 bits per heavy atom. The third-order valence-corrected chi connectivity index (χ3v) is 4.28. The van der Waals surface area contributed by atoms with Gasteiger partial charge in [-0.25, -0.2) is 23.1 Å². The molecule has 0 saturated carbocycles. The summed E-state index contributed by atoms with van der Waals surface area (Å²) in [5.41, 5.74) is -4.33. The van der Waals surface area contributed by atoms with E-state index in [1.807, 2.05) is 0 Å². The van der Waals surface area contributed by atoms with E-state index < -0.39 is 57.8 Å². The maximum Gasteiger partial charge on any atom is 0.417 e. The predicted octanol–water partition coefficient (Wildman–Crippen LogP) is 4.41. The highest BCUT2D eigenvalue weighted by atomic mass is 19.4. The minimum Gasteiger partial charge on any atom is -0.465 e. The highest BCUT2D eigenvalue weighted by Gasteiger charge is 2.39. The van der Waals surface area contributed by atoms with Crippen LogP contribution in [0.25, 0.3) is 16.9 Å². The molecule has 6 nitrogen and oxygen atoms in total. The maximum absolute atomic E-state index is 13.9. The lowest BCUT2D eigenvalue weighted by Gasteiger charge is -2.13. The molecule has 0 amide bonds. The zero-order valence-electron chi connectivity index (χ0n) is 16.0. The molecular weight excluding hydrogens is 427 g/mol. The van der Waals surface area contributed by atoms with Crippen LogP contribution in [0.15, 0.2) is 42.5 Å². The third kappa shape index (κ3) is 3.98. The Balaban J connectivity index is 2.47. The Hall–Kier alpha value is -3.76. The summed E-state index contributed by atoms with van der Waals surface area (Å²) in [6.07, 6.45) is -5.13. The molecule has 3 aromatic rings. The molecule has 0 saturated heterocycles. The Morgan fingerprint density at radius 2 is 1.52 bits per heavy atom. The van der Waals surface area contributed by atoms with Crippen LogP contribution in [-0.4, -0.2) is 35.9 Å². The van der Waals surface area contributed by atoms with E-state index in [1.165, 1.54) is 12.1 Å². The monoisotopic (exact) mass is 440 g/mol. The number of alkyl halides is 3. The molecule has 3 rings (SSSR count). The molecule has 31 heavy (non-hydrogen) atoms. The number of carbonyl (C=O) groups excluding carboxylic acids is 2. The molecule has 0 atom stereocenters. The van der Waals surface area contributed by atoms with Gasteiger partial charge >= 0.3 is 18.1 Å². The standard InChI is InChI=1S/C20H13F5N2O4/c1-30-18(28)15-16(11-8-13(21)14(22)9-12(11)20(23,24)25)26-27(17(15)19(29)31-2)10-6-4-3-5-7-10/h3-9H,1-2H3. The van der Waals surface area contributed by atoms with E-state index in [1.54, 1.807) is 18.2 Å². The van der Waals surface area contributed by atoms with Crippen molar-refractivity contribution >= 4 is 11.9 Å². The van der Waals surface area contributed by atoms with Crippen LogP contribution in [0.4, 0.5) is 22.0 Å². The summed E-state index contributed by atoms with van der Waals surface area (Å²) in [7, 11) is 1.92. The normalized spacial score (nSPS) is 11.3. The van der Waals surface area contributed by atoms with Gasteiger partial charge in [0.05, 0.1) is 25.5 Å². The smallest absolute Gasteiger partial charge is 0.417 e. The molecule has 11 heteroatoms. The van der Waals surface area contributed by atoms with Crippen molar-refractivity contribution in [1.82, 2.24) is 9.78 Å². The van der Waals surface area contributed by atoms with Crippen LogP contribution in [0, 0.1) is 11.6 Å². The first-order valence-electron chi connectivity index (χ1n) is 8.51. The van der Waals surface area contributed by atoms with Gasteiger partial charge in [-0.3, -0.25) is 0 Å². The summed E-state index contributed by atoms with van der Waals surface area (Å²) in [4.78, 5) is 24.9. The average Bonchev–Trinajstić information content (AvgIpc) is 3.14. The summed E-state index contributed by atoms with van der Waals surface area (Å²) >= 11 is 0. The van der Waals surface area contributed by atoms with Crippen molar-refractivity contribution in [3.8, 4) is 16.9 Å². The number of rotatable bonds is 4. The third-order valence-electron chi connectivity index (χ3n) is 4.28. The van der Waals surface area contributed by atoms with Crippen molar-refractivity contribution in [2.24, 2.45) is 0 Å². The Morgan fingerprint density at radius 3 is 2.06 bits per heavy atom. The molecule has 0 unspecified atom stereocenters. The number of halogens is 5. The number of hydrogen-bond donors (Lipinski definition) is 0.